The number of hydrogen-bond acceptors (Lipinski definition) is 13. The maximum Gasteiger partial charge on any atom is 0.220 e. The van der Waals surface area contributed by atoms with E-state index in [-0.39, 0.29) is 18.9 Å². The van der Waals surface area contributed by atoms with Crippen molar-refractivity contribution in [1.82, 2.24) is 5.32 Å². The highest BCUT2D eigenvalue weighted by molar-refractivity contribution is 5.76. The lowest BCUT2D eigenvalue weighted by Crippen LogP contribution is -2.65. The minimum atomic E-state index is -1.79. The van der Waals surface area contributed by atoms with Gasteiger partial charge in [0.2, 0.25) is 5.91 Å². The summed E-state index contributed by atoms with van der Waals surface area (Å²) in [5.74, 6) is -0.247. The second-order valence-electron chi connectivity index (χ2n) is 27.1. The first-order valence-electron chi connectivity index (χ1n) is 38.4. The Morgan fingerprint density at radius 2 is 0.703 bits per heavy atom. The molecule has 0 radical (unpaired) electrons. The van der Waals surface area contributed by atoms with Crippen molar-refractivity contribution < 1.29 is 64.6 Å². The van der Waals surface area contributed by atoms with E-state index in [0.717, 1.165) is 44.9 Å². The van der Waals surface area contributed by atoms with Crippen molar-refractivity contribution in [2.75, 3.05) is 19.8 Å². The van der Waals surface area contributed by atoms with Crippen LogP contribution in [0.5, 0.6) is 0 Å². The zero-order valence-corrected chi connectivity index (χ0v) is 58.3. The molecule has 1 amide bonds. The topological polar surface area (TPSA) is 228 Å². The lowest BCUT2D eigenvalue weighted by molar-refractivity contribution is -0.359. The van der Waals surface area contributed by atoms with Gasteiger partial charge in [-0.2, -0.15) is 0 Å². The number of unbranched alkanes of at least 4 members (excludes halogenated alkanes) is 45. The maximum absolute atomic E-state index is 13.4. The Morgan fingerprint density at radius 3 is 1.08 bits per heavy atom. The highest BCUT2D eigenvalue weighted by Crippen LogP contribution is 2.30. The summed E-state index contributed by atoms with van der Waals surface area (Å²) in [7, 11) is 0. The second-order valence-corrected chi connectivity index (χ2v) is 27.1. The van der Waals surface area contributed by atoms with Crippen LogP contribution in [-0.2, 0) is 23.7 Å². The van der Waals surface area contributed by atoms with Gasteiger partial charge < -0.3 is 65.1 Å². The molecule has 0 aromatic heterocycles. The Balaban J connectivity index is 1.64. The molecular formula is C77H143NO13. The Labute approximate surface area is 556 Å². The molecule has 534 valence electrons. The summed E-state index contributed by atoms with van der Waals surface area (Å²) in [4.78, 5) is 13.4. The summed E-state index contributed by atoms with van der Waals surface area (Å²) >= 11 is 0. The van der Waals surface area contributed by atoms with E-state index in [0.29, 0.717) is 12.8 Å². The first-order chi connectivity index (χ1) is 44.6. The lowest BCUT2D eigenvalue weighted by Gasteiger charge is -2.46. The van der Waals surface area contributed by atoms with Crippen LogP contribution >= 0.6 is 0 Å². The molecule has 2 aliphatic rings. The number of hydrogen-bond donors (Lipinski definition) is 9. The molecule has 0 saturated carbocycles. The number of nitrogens with one attached hydrogen (secondary N) is 1. The van der Waals surface area contributed by atoms with Crippen LogP contribution in [0.2, 0.25) is 0 Å². The molecule has 12 unspecified atom stereocenters. The van der Waals surface area contributed by atoms with Crippen LogP contribution in [0.4, 0.5) is 0 Å². The Hall–Kier alpha value is -2.05. The standard InChI is InChI=1S/C77H143NO13/c1-3-5-7-9-11-13-15-17-19-21-23-25-27-29-30-31-32-33-34-35-36-37-39-41-43-45-47-49-51-53-55-57-59-61-69(82)78-65(64-88-76-74(87)72(85)75(68(63-80)90-76)91-77-73(86)71(84)70(83)67(62-79)89-77)66(81)60-58-56-54-52-50-48-46-44-42-40-38-28-26-24-22-20-18-16-14-12-10-8-6-4-2/h21,23,42,44,50,52,58,60,65-68,70-77,79-81,83-87H,3-20,22,24-41,43,45-49,51,53-57,59,61-64H2,1-2H3,(H,78,82)/b23-21-,44-42+,52-50+,60-58+. The second kappa shape index (κ2) is 61.5. The Morgan fingerprint density at radius 1 is 0.385 bits per heavy atom. The van der Waals surface area contributed by atoms with Gasteiger partial charge in [0.15, 0.2) is 12.6 Å². The van der Waals surface area contributed by atoms with Gasteiger partial charge in [-0.1, -0.05) is 313 Å². The molecule has 14 nitrogen and oxygen atoms in total. The fourth-order valence-electron chi connectivity index (χ4n) is 12.6. The van der Waals surface area contributed by atoms with E-state index in [1.807, 2.05) is 6.08 Å². The highest BCUT2D eigenvalue weighted by atomic mass is 16.7. The zero-order chi connectivity index (χ0) is 65.9. The van der Waals surface area contributed by atoms with Crippen molar-refractivity contribution in [3.8, 4) is 0 Å². The number of rotatable bonds is 64. The third kappa shape index (κ3) is 45.2. The lowest BCUT2D eigenvalue weighted by atomic mass is 9.97. The molecule has 2 fully saturated rings. The predicted molar refractivity (Wildman–Crippen MR) is 374 cm³/mol. The number of allylic oxidation sites excluding steroid dienone is 7. The highest BCUT2D eigenvalue weighted by Gasteiger charge is 2.51. The molecule has 9 N–H and O–H groups in total. The summed E-state index contributed by atoms with van der Waals surface area (Å²) in [6, 6.07) is -0.939. The van der Waals surface area contributed by atoms with E-state index in [1.165, 1.54) is 263 Å². The van der Waals surface area contributed by atoms with E-state index in [1.54, 1.807) is 6.08 Å². The number of carbonyl (C=O) groups excluding carboxylic acids is 1. The summed E-state index contributed by atoms with van der Waals surface area (Å²) in [6.45, 7) is 2.82. The van der Waals surface area contributed by atoms with Gasteiger partial charge in [-0.25, -0.2) is 0 Å². The van der Waals surface area contributed by atoms with Gasteiger partial charge in [-0.3, -0.25) is 4.79 Å². The van der Waals surface area contributed by atoms with Crippen molar-refractivity contribution in [1.29, 1.82) is 0 Å². The van der Waals surface area contributed by atoms with Gasteiger partial charge in [-0.05, 0) is 70.6 Å². The zero-order valence-electron chi connectivity index (χ0n) is 58.3. The molecule has 2 rings (SSSR count). The molecule has 12 atom stereocenters. The minimum absolute atomic E-state index is 0.247. The molecule has 0 spiro atoms. The normalized spacial score (nSPS) is 23.0. The van der Waals surface area contributed by atoms with Crippen LogP contribution in [-0.4, -0.2) is 140 Å². The largest absolute Gasteiger partial charge is 0.394 e. The van der Waals surface area contributed by atoms with Gasteiger partial charge in [-0.15, -0.1) is 0 Å². The van der Waals surface area contributed by atoms with Crippen molar-refractivity contribution in [2.24, 2.45) is 0 Å². The molecule has 0 aromatic carbocycles. The van der Waals surface area contributed by atoms with Crippen LogP contribution in [0.3, 0.4) is 0 Å². The maximum atomic E-state index is 13.4. The van der Waals surface area contributed by atoms with Crippen LogP contribution in [0.1, 0.15) is 341 Å². The number of amides is 1. The number of aliphatic hydroxyl groups is 8. The van der Waals surface area contributed by atoms with E-state index < -0.39 is 86.8 Å². The van der Waals surface area contributed by atoms with Gasteiger partial charge in [0.05, 0.1) is 32.0 Å². The molecule has 0 aromatic rings. The van der Waals surface area contributed by atoms with Crippen molar-refractivity contribution in [2.45, 2.75) is 415 Å². The van der Waals surface area contributed by atoms with Crippen LogP contribution in [0.15, 0.2) is 48.6 Å². The van der Waals surface area contributed by atoms with Gasteiger partial charge >= 0.3 is 0 Å². The van der Waals surface area contributed by atoms with Crippen LogP contribution < -0.4 is 5.32 Å². The van der Waals surface area contributed by atoms with Gasteiger partial charge in [0, 0.05) is 6.42 Å². The Bertz CT molecular complexity index is 1710. The van der Waals surface area contributed by atoms with Crippen molar-refractivity contribution >= 4 is 5.91 Å². The smallest absolute Gasteiger partial charge is 0.220 e. The minimum Gasteiger partial charge on any atom is -0.394 e. The number of carbonyl (C=O) groups is 1. The molecule has 2 aliphatic heterocycles. The van der Waals surface area contributed by atoms with Crippen LogP contribution in [0.25, 0.3) is 0 Å². The van der Waals surface area contributed by atoms with E-state index in [2.05, 4.69) is 55.6 Å². The molecule has 14 heteroatoms. The fraction of sp³-hybridized carbons (Fsp3) is 0.883. The van der Waals surface area contributed by atoms with Crippen molar-refractivity contribution in [3.63, 3.8) is 0 Å². The molecular weight excluding hydrogens is 1150 g/mol. The van der Waals surface area contributed by atoms with Crippen molar-refractivity contribution in [3.05, 3.63) is 48.6 Å². The number of ether oxygens (including phenoxy) is 4. The molecule has 0 aliphatic carbocycles. The number of aliphatic hydroxyl groups excluding tert-OH is 8. The first-order valence-corrected chi connectivity index (χ1v) is 38.4. The molecule has 0 bridgehead atoms. The monoisotopic (exact) mass is 1290 g/mol. The molecule has 2 saturated heterocycles. The molecule has 91 heavy (non-hydrogen) atoms. The summed E-state index contributed by atoms with van der Waals surface area (Å²) in [5, 5.41) is 87.5. The van der Waals surface area contributed by atoms with E-state index in [9.17, 15) is 45.6 Å². The first kappa shape index (κ1) is 85.0. The predicted octanol–water partition coefficient (Wildman–Crippen LogP) is 16.6. The van der Waals surface area contributed by atoms with Gasteiger partial charge in [0.1, 0.15) is 48.8 Å². The van der Waals surface area contributed by atoms with Crippen LogP contribution in [0, 0.1) is 0 Å². The molecule has 2 heterocycles. The van der Waals surface area contributed by atoms with E-state index in [4.69, 9.17) is 18.9 Å². The van der Waals surface area contributed by atoms with Gasteiger partial charge in [0.25, 0.3) is 0 Å². The quantitative estimate of drug-likeness (QED) is 0.0204. The SMILES string of the molecule is CCCCCCCCCC/C=C\CCCCCCCCCCCCCCCCCCCCCCCC(=O)NC(COC1OC(CO)C(OC2OC(CO)C(O)C(O)C2O)C(O)C1O)C(O)/C=C/CC/C=C/CC/C=C/CCCCCCCCCCCCCCCC. The summed E-state index contributed by atoms with van der Waals surface area (Å²) in [5.41, 5.74) is 0. The third-order valence-electron chi connectivity index (χ3n) is 18.7. The van der Waals surface area contributed by atoms with E-state index >= 15 is 0 Å². The fourth-order valence-corrected chi connectivity index (χ4v) is 12.6. The average Bonchev–Trinajstić information content (AvgIpc) is 1.28. The average molecular weight is 1290 g/mol. The summed E-state index contributed by atoms with van der Waals surface area (Å²) in [6.07, 6.45) is 64.8. The third-order valence-corrected chi connectivity index (χ3v) is 18.7. The Kier molecular flexibility index (Phi) is 57.5. The summed E-state index contributed by atoms with van der Waals surface area (Å²) < 4.78 is 22.9.